The molecule has 6 heteroatoms. The second kappa shape index (κ2) is 6.70. The van der Waals surface area contributed by atoms with Crippen LogP contribution in [0, 0.1) is 5.92 Å². The van der Waals surface area contributed by atoms with Crippen LogP contribution < -0.4 is 10.6 Å². The zero-order valence-corrected chi connectivity index (χ0v) is 9.55. The van der Waals surface area contributed by atoms with E-state index in [0.29, 0.717) is 0 Å². The van der Waals surface area contributed by atoms with E-state index < -0.39 is 11.9 Å². The van der Waals surface area contributed by atoms with Crippen molar-refractivity contribution in [1.29, 1.82) is 0 Å². The van der Waals surface area contributed by atoms with Crippen LogP contribution in [0.25, 0.3) is 0 Å². The van der Waals surface area contributed by atoms with Crippen LogP contribution >= 0.6 is 0 Å². The molecule has 3 amide bonds. The Labute approximate surface area is 99.3 Å². The fourth-order valence-corrected chi connectivity index (χ4v) is 1.53. The van der Waals surface area contributed by atoms with Gasteiger partial charge in [0.2, 0.25) is 0 Å². The van der Waals surface area contributed by atoms with Gasteiger partial charge in [0, 0.05) is 18.6 Å². The minimum atomic E-state index is -0.592. The topological polar surface area (TPSA) is 87.7 Å². The fourth-order valence-electron chi connectivity index (χ4n) is 1.53. The SMILES string of the molecule is CO/C=C/C(=O)NC(=O)N[C@H]1C=CC[C@H]1CO. The molecule has 17 heavy (non-hydrogen) atoms. The van der Waals surface area contributed by atoms with Gasteiger partial charge in [0.05, 0.1) is 19.4 Å². The lowest BCUT2D eigenvalue weighted by Crippen LogP contribution is -2.45. The van der Waals surface area contributed by atoms with E-state index in [1.54, 1.807) is 6.08 Å². The van der Waals surface area contributed by atoms with Crippen LogP contribution in [0.1, 0.15) is 6.42 Å². The first kappa shape index (κ1) is 13.2. The minimum absolute atomic E-state index is 0.00449. The molecule has 1 aliphatic rings. The maximum Gasteiger partial charge on any atom is 0.322 e. The molecule has 0 aromatic carbocycles. The standard InChI is InChI=1S/C11H16N2O4/c1-17-6-5-10(15)13-11(16)12-9-4-2-3-8(9)7-14/h2,4-6,8-9,14H,3,7H2,1H3,(H2,12,13,15,16)/b6-5+/t8-,9-/m0/s1. The van der Waals surface area contributed by atoms with Crippen molar-refractivity contribution in [1.82, 2.24) is 10.6 Å². The van der Waals surface area contributed by atoms with Crippen LogP contribution in [0.15, 0.2) is 24.5 Å². The number of ether oxygens (including phenoxy) is 1. The van der Waals surface area contributed by atoms with E-state index in [1.165, 1.54) is 13.4 Å². The summed E-state index contributed by atoms with van der Waals surface area (Å²) < 4.78 is 4.54. The van der Waals surface area contributed by atoms with Gasteiger partial charge in [-0.25, -0.2) is 4.79 Å². The van der Waals surface area contributed by atoms with Crippen LogP contribution in [0.5, 0.6) is 0 Å². The Balaban J connectivity index is 2.36. The number of hydrogen-bond donors (Lipinski definition) is 3. The molecule has 0 saturated heterocycles. The maximum absolute atomic E-state index is 11.4. The van der Waals surface area contributed by atoms with E-state index in [9.17, 15) is 9.59 Å². The highest BCUT2D eigenvalue weighted by Crippen LogP contribution is 2.17. The van der Waals surface area contributed by atoms with E-state index in [1.807, 2.05) is 6.08 Å². The summed E-state index contributed by atoms with van der Waals surface area (Å²) in [6.45, 7) is -0.00449. The molecular weight excluding hydrogens is 224 g/mol. The van der Waals surface area contributed by atoms with Gasteiger partial charge in [-0.1, -0.05) is 12.2 Å². The summed E-state index contributed by atoms with van der Waals surface area (Å²) in [7, 11) is 1.40. The number of carbonyl (C=O) groups is 2. The second-order valence-electron chi connectivity index (χ2n) is 3.63. The molecule has 6 nitrogen and oxygen atoms in total. The molecule has 0 unspecified atom stereocenters. The highest BCUT2D eigenvalue weighted by atomic mass is 16.5. The lowest BCUT2D eigenvalue weighted by Gasteiger charge is -2.18. The summed E-state index contributed by atoms with van der Waals surface area (Å²) >= 11 is 0. The van der Waals surface area contributed by atoms with Crippen LogP contribution in [-0.4, -0.2) is 36.8 Å². The minimum Gasteiger partial charge on any atom is -0.504 e. The maximum atomic E-state index is 11.4. The summed E-state index contributed by atoms with van der Waals surface area (Å²) in [6.07, 6.45) is 6.69. The van der Waals surface area contributed by atoms with E-state index in [4.69, 9.17) is 5.11 Å². The smallest absolute Gasteiger partial charge is 0.322 e. The van der Waals surface area contributed by atoms with Gasteiger partial charge < -0.3 is 15.2 Å². The first-order valence-electron chi connectivity index (χ1n) is 5.25. The summed E-state index contributed by atoms with van der Waals surface area (Å²) in [4.78, 5) is 22.5. The number of imide groups is 1. The molecule has 0 aromatic heterocycles. The Kier molecular flexibility index (Phi) is 5.22. The third kappa shape index (κ3) is 4.28. The number of carbonyl (C=O) groups excluding carboxylic acids is 2. The number of nitrogens with one attached hydrogen (secondary N) is 2. The number of rotatable bonds is 4. The van der Waals surface area contributed by atoms with E-state index in [2.05, 4.69) is 15.4 Å². The van der Waals surface area contributed by atoms with Crippen molar-refractivity contribution in [2.24, 2.45) is 5.92 Å². The Morgan fingerprint density at radius 2 is 2.35 bits per heavy atom. The monoisotopic (exact) mass is 240 g/mol. The predicted octanol–water partition coefficient (Wildman–Crippen LogP) is -0.0907. The van der Waals surface area contributed by atoms with Crippen molar-refractivity contribution >= 4 is 11.9 Å². The summed E-state index contributed by atoms with van der Waals surface area (Å²) in [5.74, 6) is -0.586. The summed E-state index contributed by atoms with van der Waals surface area (Å²) in [5, 5.41) is 13.8. The Bertz CT molecular complexity index is 338. The second-order valence-corrected chi connectivity index (χ2v) is 3.63. The highest BCUT2D eigenvalue weighted by molar-refractivity contribution is 6.00. The van der Waals surface area contributed by atoms with Crippen molar-refractivity contribution in [2.45, 2.75) is 12.5 Å². The van der Waals surface area contributed by atoms with Gasteiger partial charge in [-0.05, 0) is 6.42 Å². The van der Waals surface area contributed by atoms with Gasteiger partial charge in [-0.15, -0.1) is 0 Å². The number of aliphatic hydroxyl groups excluding tert-OH is 1. The molecule has 0 heterocycles. The number of methoxy groups -OCH3 is 1. The van der Waals surface area contributed by atoms with Crippen LogP contribution in [0.2, 0.25) is 0 Å². The molecule has 0 aliphatic heterocycles. The molecule has 3 N–H and O–H groups in total. The zero-order valence-electron chi connectivity index (χ0n) is 9.55. The molecule has 1 aliphatic carbocycles. The van der Waals surface area contributed by atoms with Crippen LogP contribution in [0.4, 0.5) is 4.79 Å². The molecule has 2 atom stereocenters. The van der Waals surface area contributed by atoms with E-state index in [0.717, 1.165) is 12.5 Å². The Morgan fingerprint density at radius 1 is 1.59 bits per heavy atom. The van der Waals surface area contributed by atoms with Gasteiger partial charge >= 0.3 is 6.03 Å². The van der Waals surface area contributed by atoms with Crippen LogP contribution in [0.3, 0.4) is 0 Å². The zero-order chi connectivity index (χ0) is 12.7. The lowest BCUT2D eigenvalue weighted by molar-refractivity contribution is -0.115. The normalized spacial score (nSPS) is 22.7. The molecular formula is C11H16N2O4. The number of allylic oxidation sites excluding steroid dienone is 1. The Morgan fingerprint density at radius 3 is 3.00 bits per heavy atom. The number of amides is 3. The number of hydrogen-bond acceptors (Lipinski definition) is 4. The van der Waals surface area contributed by atoms with Gasteiger partial charge in [0.15, 0.2) is 0 Å². The number of aliphatic hydroxyl groups is 1. The van der Waals surface area contributed by atoms with Gasteiger partial charge in [0.25, 0.3) is 5.91 Å². The molecule has 1 rings (SSSR count). The quantitative estimate of drug-likeness (QED) is 0.364. The molecule has 0 saturated carbocycles. The van der Waals surface area contributed by atoms with Gasteiger partial charge in [0.1, 0.15) is 0 Å². The van der Waals surface area contributed by atoms with E-state index in [-0.39, 0.29) is 18.6 Å². The number of urea groups is 1. The summed E-state index contributed by atoms with van der Waals surface area (Å²) in [6, 6.07) is -0.829. The molecule has 0 fully saturated rings. The average Bonchev–Trinajstić information content (AvgIpc) is 2.73. The molecule has 0 spiro atoms. The first-order valence-corrected chi connectivity index (χ1v) is 5.25. The molecule has 0 bridgehead atoms. The molecule has 0 radical (unpaired) electrons. The first-order chi connectivity index (χ1) is 8.17. The molecule has 94 valence electrons. The van der Waals surface area contributed by atoms with Gasteiger partial charge in [-0.3, -0.25) is 10.1 Å². The molecule has 0 aromatic rings. The fraction of sp³-hybridized carbons (Fsp3) is 0.455. The largest absolute Gasteiger partial charge is 0.504 e. The van der Waals surface area contributed by atoms with Gasteiger partial charge in [-0.2, -0.15) is 0 Å². The van der Waals surface area contributed by atoms with Crippen molar-refractivity contribution in [3.63, 3.8) is 0 Å². The Hall–Kier alpha value is -1.82. The van der Waals surface area contributed by atoms with Crippen molar-refractivity contribution in [3.8, 4) is 0 Å². The third-order valence-corrected chi connectivity index (χ3v) is 2.41. The summed E-state index contributed by atoms with van der Waals surface area (Å²) in [5.41, 5.74) is 0. The van der Waals surface area contributed by atoms with Crippen molar-refractivity contribution in [2.75, 3.05) is 13.7 Å². The lowest BCUT2D eigenvalue weighted by atomic mass is 10.0. The third-order valence-electron chi connectivity index (χ3n) is 2.41. The van der Waals surface area contributed by atoms with Crippen LogP contribution in [-0.2, 0) is 9.53 Å². The van der Waals surface area contributed by atoms with Crippen molar-refractivity contribution in [3.05, 3.63) is 24.5 Å². The highest BCUT2D eigenvalue weighted by Gasteiger charge is 2.23. The van der Waals surface area contributed by atoms with E-state index >= 15 is 0 Å². The average molecular weight is 240 g/mol. The van der Waals surface area contributed by atoms with Crippen molar-refractivity contribution < 1.29 is 19.4 Å². The predicted molar refractivity (Wildman–Crippen MR) is 60.9 cm³/mol.